The first-order valence-corrected chi connectivity index (χ1v) is 5.94. The Bertz CT molecular complexity index is 510. The van der Waals surface area contributed by atoms with Gasteiger partial charge in [0.05, 0.1) is 12.7 Å². The van der Waals surface area contributed by atoms with E-state index in [0.717, 1.165) is 0 Å². The molecule has 0 saturated heterocycles. The Morgan fingerprint density at radius 2 is 2.39 bits per heavy atom. The standard InChI is InChI=1S/C11H14N4O3/c1-7(16)13-8-2-3-15-10-9(6-12-15)18-5-4-14(10)11(8)17/h6,8H,2-5H2,1H3,(H,13,16). The maximum atomic E-state index is 12.4. The Morgan fingerprint density at radius 3 is 3.17 bits per heavy atom. The number of hydrogen-bond acceptors (Lipinski definition) is 4. The second-order valence-electron chi connectivity index (χ2n) is 4.44. The monoisotopic (exact) mass is 250 g/mol. The van der Waals surface area contributed by atoms with Crippen molar-refractivity contribution in [3.8, 4) is 5.75 Å². The zero-order valence-electron chi connectivity index (χ0n) is 10.0. The first-order valence-electron chi connectivity index (χ1n) is 5.94. The highest BCUT2D eigenvalue weighted by atomic mass is 16.5. The number of hydrogen-bond donors (Lipinski definition) is 1. The Hall–Kier alpha value is -2.05. The highest BCUT2D eigenvalue weighted by Gasteiger charge is 2.35. The van der Waals surface area contributed by atoms with E-state index < -0.39 is 6.04 Å². The van der Waals surface area contributed by atoms with Gasteiger partial charge in [-0.05, 0) is 6.42 Å². The smallest absolute Gasteiger partial charge is 0.251 e. The van der Waals surface area contributed by atoms with Crippen molar-refractivity contribution >= 4 is 17.6 Å². The highest BCUT2D eigenvalue weighted by Crippen LogP contribution is 2.33. The minimum Gasteiger partial charge on any atom is -0.486 e. The fraction of sp³-hybridized carbons (Fsp3) is 0.545. The number of nitrogens with one attached hydrogen (secondary N) is 1. The lowest BCUT2D eigenvalue weighted by atomic mass is 10.2. The van der Waals surface area contributed by atoms with Crippen LogP contribution in [0.4, 0.5) is 5.82 Å². The Labute approximate surface area is 104 Å². The number of aryl methyl sites for hydroxylation is 1. The Balaban J connectivity index is 1.96. The fourth-order valence-electron chi connectivity index (χ4n) is 2.41. The van der Waals surface area contributed by atoms with Gasteiger partial charge >= 0.3 is 0 Å². The van der Waals surface area contributed by atoms with Gasteiger partial charge in [0.15, 0.2) is 11.6 Å². The zero-order chi connectivity index (χ0) is 12.7. The van der Waals surface area contributed by atoms with Crippen LogP contribution >= 0.6 is 0 Å². The summed E-state index contributed by atoms with van der Waals surface area (Å²) in [4.78, 5) is 25.2. The molecule has 7 heteroatoms. The molecule has 18 heavy (non-hydrogen) atoms. The molecule has 0 radical (unpaired) electrons. The third-order valence-corrected chi connectivity index (χ3v) is 3.18. The van der Waals surface area contributed by atoms with E-state index >= 15 is 0 Å². The minimum absolute atomic E-state index is 0.0889. The molecule has 2 amide bonds. The number of rotatable bonds is 1. The molecule has 3 rings (SSSR count). The maximum absolute atomic E-state index is 12.4. The van der Waals surface area contributed by atoms with Crippen molar-refractivity contribution in [2.24, 2.45) is 0 Å². The largest absolute Gasteiger partial charge is 0.486 e. The lowest BCUT2D eigenvalue weighted by molar-refractivity contribution is -0.126. The fourth-order valence-corrected chi connectivity index (χ4v) is 2.41. The molecule has 1 unspecified atom stereocenters. The van der Waals surface area contributed by atoms with Crippen molar-refractivity contribution in [2.75, 3.05) is 18.1 Å². The van der Waals surface area contributed by atoms with Gasteiger partial charge in [0.2, 0.25) is 5.91 Å². The van der Waals surface area contributed by atoms with E-state index in [1.165, 1.54) is 6.92 Å². The zero-order valence-corrected chi connectivity index (χ0v) is 10.0. The van der Waals surface area contributed by atoms with Crippen molar-refractivity contribution in [2.45, 2.75) is 25.9 Å². The van der Waals surface area contributed by atoms with Crippen LogP contribution in [0.1, 0.15) is 13.3 Å². The summed E-state index contributed by atoms with van der Waals surface area (Å²) < 4.78 is 7.22. The predicted octanol–water partition coefficient (Wildman–Crippen LogP) is -0.483. The van der Waals surface area contributed by atoms with Crippen molar-refractivity contribution < 1.29 is 14.3 Å². The number of aromatic nitrogens is 2. The van der Waals surface area contributed by atoms with E-state index in [2.05, 4.69) is 10.4 Å². The molecule has 0 aliphatic carbocycles. The van der Waals surface area contributed by atoms with Crippen molar-refractivity contribution in [1.82, 2.24) is 15.1 Å². The van der Waals surface area contributed by atoms with Gasteiger partial charge < -0.3 is 10.1 Å². The van der Waals surface area contributed by atoms with Crippen LogP contribution in [0.15, 0.2) is 6.20 Å². The summed E-state index contributed by atoms with van der Waals surface area (Å²) in [6.07, 6.45) is 2.18. The van der Waals surface area contributed by atoms with Gasteiger partial charge in [-0.2, -0.15) is 5.10 Å². The van der Waals surface area contributed by atoms with Crippen LogP contribution in [-0.2, 0) is 16.1 Å². The molecule has 7 nitrogen and oxygen atoms in total. The first-order chi connectivity index (χ1) is 8.66. The molecule has 1 atom stereocenters. The number of ether oxygens (including phenoxy) is 1. The summed E-state index contributed by atoms with van der Waals surface area (Å²) in [5, 5.41) is 6.90. The Kier molecular flexibility index (Phi) is 2.46. The summed E-state index contributed by atoms with van der Waals surface area (Å²) in [6, 6.07) is -0.477. The third kappa shape index (κ3) is 1.62. The van der Waals surface area contributed by atoms with Crippen LogP contribution in [-0.4, -0.2) is 40.8 Å². The summed E-state index contributed by atoms with van der Waals surface area (Å²) >= 11 is 0. The molecule has 2 aliphatic heterocycles. The average Bonchev–Trinajstić information content (AvgIpc) is 2.70. The molecule has 1 N–H and O–H groups in total. The molecule has 1 aromatic rings. The number of amides is 2. The van der Waals surface area contributed by atoms with E-state index in [4.69, 9.17) is 4.74 Å². The normalized spacial score (nSPS) is 21.9. The molecule has 0 spiro atoms. The molecule has 2 aliphatic rings. The number of nitrogens with zero attached hydrogens (tertiary/aromatic N) is 3. The summed E-state index contributed by atoms with van der Waals surface area (Å²) in [5.41, 5.74) is 0. The lowest BCUT2D eigenvalue weighted by Crippen LogP contribution is -2.49. The van der Waals surface area contributed by atoms with Crippen LogP contribution < -0.4 is 15.0 Å². The second kappa shape index (κ2) is 4.01. The van der Waals surface area contributed by atoms with Gasteiger partial charge in [-0.15, -0.1) is 0 Å². The van der Waals surface area contributed by atoms with Gasteiger partial charge in [0.1, 0.15) is 12.6 Å². The quantitative estimate of drug-likeness (QED) is 0.730. The summed E-state index contributed by atoms with van der Waals surface area (Å²) in [5.74, 6) is 1.06. The van der Waals surface area contributed by atoms with Crippen LogP contribution in [0.25, 0.3) is 0 Å². The SMILES string of the molecule is CC(=O)NC1CCn2ncc3c2N(CCO3)C1=O. The van der Waals surface area contributed by atoms with E-state index in [1.54, 1.807) is 15.8 Å². The van der Waals surface area contributed by atoms with Gasteiger partial charge in [0, 0.05) is 13.5 Å². The van der Waals surface area contributed by atoms with Crippen molar-refractivity contribution in [1.29, 1.82) is 0 Å². The van der Waals surface area contributed by atoms with E-state index in [-0.39, 0.29) is 11.8 Å². The first kappa shape index (κ1) is 11.1. The van der Waals surface area contributed by atoms with Gasteiger partial charge in [-0.1, -0.05) is 0 Å². The van der Waals surface area contributed by atoms with Gasteiger partial charge in [-0.25, -0.2) is 4.68 Å². The molecule has 0 saturated carbocycles. The molecule has 96 valence electrons. The topological polar surface area (TPSA) is 76.5 Å². The van der Waals surface area contributed by atoms with Crippen LogP contribution in [0, 0.1) is 0 Å². The van der Waals surface area contributed by atoms with Crippen LogP contribution in [0.2, 0.25) is 0 Å². The van der Waals surface area contributed by atoms with Crippen LogP contribution in [0.5, 0.6) is 5.75 Å². The summed E-state index contributed by atoms with van der Waals surface area (Å²) in [7, 11) is 0. The number of carbonyl (C=O) groups is 2. The van der Waals surface area contributed by atoms with Crippen LogP contribution in [0.3, 0.4) is 0 Å². The molecule has 3 heterocycles. The third-order valence-electron chi connectivity index (χ3n) is 3.18. The van der Waals surface area contributed by atoms with E-state index in [9.17, 15) is 9.59 Å². The summed E-state index contributed by atoms with van der Waals surface area (Å²) in [6.45, 7) is 2.96. The molecular weight excluding hydrogens is 236 g/mol. The maximum Gasteiger partial charge on any atom is 0.251 e. The van der Waals surface area contributed by atoms with Gasteiger partial charge in [0.25, 0.3) is 5.91 Å². The van der Waals surface area contributed by atoms with Crippen molar-refractivity contribution in [3.05, 3.63) is 6.20 Å². The molecule has 0 aromatic carbocycles. The van der Waals surface area contributed by atoms with Gasteiger partial charge in [-0.3, -0.25) is 14.5 Å². The van der Waals surface area contributed by atoms with E-state index in [1.807, 2.05) is 0 Å². The molecule has 0 fully saturated rings. The Morgan fingerprint density at radius 1 is 1.56 bits per heavy atom. The second-order valence-corrected chi connectivity index (χ2v) is 4.44. The molecule has 1 aromatic heterocycles. The minimum atomic E-state index is -0.477. The average molecular weight is 250 g/mol. The molecular formula is C11H14N4O3. The van der Waals surface area contributed by atoms with Crippen molar-refractivity contribution in [3.63, 3.8) is 0 Å². The predicted molar refractivity (Wildman–Crippen MR) is 62.3 cm³/mol. The number of carbonyl (C=O) groups excluding carboxylic acids is 2. The molecule has 0 bridgehead atoms. The van der Waals surface area contributed by atoms with E-state index in [0.29, 0.717) is 37.7 Å². The highest BCUT2D eigenvalue weighted by molar-refractivity contribution is 6.00. The number of anilines is 1. The lowest BCUT2D eigenvalue weighted by Gasteiger charge is -2.28.